The number of hydrogen-bond donors (Lipinski definition) is 1. The molecular weight excluding hydrogens is 354 g/mol. The van der Waals surface area contributed by atoms with Crippen molar-refractivity contribution >= 4 is 29.1 Å². The third-order valence-corrected chi connectivity index (χ3v) is 4.30. The summed E-state index contributed by atoms with van der Waals surface area (Å²) in [6.07, 6.45) is 1.84. The van der Waals surface area contributed by atoms with Gasteiger partial charge in [0.25, 0.3) is 0 Å². The predicted octanol–water partition coefficient (Wildman–Crippen LogP) is 3.43. The number of nitrogens with zero attached hydrogens (tertiary/aromatic N) is 2. The van der Waals surface area contributed by atoms with Gasteiger partial charge in [-0.15, -0.1) is 0 Å². The maximum Gasteiger partial charge on any atom is 0.226 e. The lowest BCUT2D eigenvalue weighted by Gasteiger charge is -2.20. The van der Waals surface area contributed by atoms with Crippen molar-refractivity contribution in [2.45, 2.75) is 26.8 Å². The minimum Gasteiger partial charge on any atom is -0.495 e. The molecule has 0 spiro atoms. The summed E-state index contributed by atoms with van der Waals surface area (Å²) in [7, 11) is 1.51. The van der Waals surface area contributed by atoms with Crippen molar-refractivity contribution in [1.29, 1.82) is 0 Å². The van der Waals surface area contributed by atoms with Gasteiger partial charge in [0.2, 0.25) is 11.8 Å². The van der Waals surface area contributed by atoms with E-state index in [2.05, 4.69) is 10.3 Å². The van der Waals surface area contributed by atoms with Gasteiger partial charge in [0.1, 0.15) is 5.75 Å². The van der Waals surface area contributed by atoms with Gasteiger partial charge in [-0.05, 0) is 30.7 Å². The van der Waals surface area contributed by atoms with Gasteiger partial charge in [0.15, 0.2) is 0 Å². The molecule has 0 aliphatic rings. The summed E-state index contributed by atoms with van der Waals surface area (Å²) < 4.78 is 5.25. The van der Waals surface area contributed by atoms with Crippen LogP contribution in [-0.4, -0.2) is 35.4 Å². The quantitative estimate of drug-likeness (QED) is 0.804. The number of aryl methyl sites for hydroxylation is 1. The molecule has 0 radical (unpaired) electrons. The zero-order valence-corrected chi connectivity index (χ0v) is 15.8. The summed E-state index contributed by atoms with van der Waals surface area (Å²) >= 11 is 6.07. The van der Waals surface area contributed by atoms with Crippen molar-refractivity contribution in [1.82, 2.24) is 9.88 Å². The Hall–Kier alpha value is -2.60. The zero-order valence-electron chi connectivity index (χ0n) is 15.1. The number of ether oxygens (including phenoxy) is 1. The van der Waals surface area contributed by atoms with E-state index >= 15 is 0 Å². The van der Waals surface area contributed by atoms with Crippen molar-refractivity contribution in [3.8, 4) is 5.75 Å². The highest BCUT2D eigenvalue weighted by atomic mass is 35.5. The van der Waals surface area contributed by atoms with E-state index in [9.17, 15) is 9.59 Å². The average molecular weight is 376 g/mol. The van der Waals surface area contributed by atoms with E-state index in [-0.39, 0.29) is 18.2 Å². The molecule has 2 amide bonds. The number of methoxy groups -OCH3 is 1. The summed E-state index contributed by atoms with van der Waals surface area (Å²) in [6, 6.07) is 8.95. The van der Waals surface area contributed by atoms with Crippen LogP contribution in [0.4, 0.5) is 5.69 Å². The fourth-order valence-corrected chi connectivity index (χ4v) is 2.57. The molecular formula is C19H22ClN3O3. The molecule has 1 N–H and O–H groups in total. The predicted molar refractivity (Wildman–Crippen MR) is 101 cm³/mol. The lowest BCUT2D eigenvalue weighted by atomic mass is 10.2. The van der Waals surface area contributed by atoms with Crippen LogP contribution >= 0.6 is 11.6 Å². The van der Waals surface area contributed by atoms with Crippen molar-refractivity contribution in [3.63, 3.8) is 0 Å². The van der Waals surface area contributed by atoms with Crippen molar-refractivity contribution in [3.05, 3.63) is 52.8 Å². The summed E-state index contributed by atoms with van der Waals surface area (Å²) in [5.74, 6) is 0.173. The highest BCUT2D eigenvalue weighted by molar-refractivity contribution is 6.31. The average Bonchev–Trinajstić information content (AvgIpc) is 2.62. The van der Waals surface area contributed by atoms with Crippen LogP contribution in [0.15, 0.2) is 36.5 Å². The molecule has 0 saturated carbocycles. The van der Waals surface area contributed by atoms with Crippen LogP contribution in [0, 0.1) is 6.92 Å². The fraction of sp³-hybridized carbons (Fsp3) is 0.316. The number of halogens is 1. The van der Waals surface area contributed by atoms with Crippen LogP contribution in [0.25, 0.3) is 0 Å². The van der Waals surface area contributed by atoms with E-state index in [1.807, 2.05) is 25.1 Å². The highest BCUT2D eigenvalue weighted by Crippen LogP contribution is 2.31. The molecule has 6 nitrogen and oxygen atoms in total. The zero-order chi connectivity index (χ0) is 19.1. The second kappa shape index (κ2) is 9.20. The first-order chi connectivity index (χ1) is 12.4. The van der Waals surface area contributed by atoms with Gasteiger partial charge in [0, 0.05) is 37.2 Å². The van der Waals surface area contributed by atoms with Crippen molar-refractivity contribution < 1.29 is 14.3 Å². The van der Waals surface area contributed by atoms with Crippen molar-refractivity contribution in [2.24, 2.45) is 0 Å². The van der Waals surface area contributed by atoms with Crippen LogP contribution < -0.4 is 10.1 Å². The van der Waals surface area contributed by atoms with Gasteiger partial charge >= 0.3 is 0 Å². The number of amides is 2. The van der Waals surface area contributed by atoms with Gasteiger partial charge < -0.3 is 15.0 Å². The SMILES string of the molecule is COc1cc(Cl)c(C)cc1NC(=O)CCN(Cc1ccccn1)C(C)=O. The molecule has 26 heavy (non-hydrogen) atoms. The van der Waals surface area contributed by atoms with Crippen LogP contribution in [-0.2, 0) is 16.1 Å². The second-order valence-corrected chi connectivity index (χ2v) is 6.27. The first-order valence-corrected chi connectivity index (χ1v) is 8.58. The third kappa shape index (κ3) is 5.46. The number of aromatic nitrogens is 1. The Kier molecular flexibility index (Phi) is 6.97. The normalized spacial score (nSPS) is 10.3. The van der Waals surface area contributed by atoms with E-state index in [1.54, 1.807) is 23.2 Å². The Morgan fingerprint density at radius 3 is 2.69 bits per heavy atom. The van der Waals surface area contributed by atoms with Gasteiger partial charge in [-0.25, -0.2) is 0 Å². The molecule has 0 unspecified atom stereocenters. The number of nitrogens with one attached hydrogen (secondary N) is 1. The number of rotatable bonds is 7. The van der Waals surface area contributed by atoms with Gasteiger partial charge in [-0.3, -0.25) is 14.6 Å². The van der Waals surface area contributed by atoms with Crippen LogP contribution in [0.1, 0.15) is 24.6 Å². The maximum absolute atomic E-state index is 12.3. The number of carbonyl (C=O) groups excluding carboxylic acids is 2. The number of carbonyl (C=O) groups is 2. The largest absolute Gasteiger partial charge is 0.495 e. The van der Waals surface area contributed by atoms with E-state index in [1.165, 1.54) is 14.0 Å². The Morgan fingerprint density at radius 1 is 1.31 bits per heavy atom. The Bertz CT molecular complexity index is 781. The summed E-state index contributed by atoms with van der Waals surface area (Å²) in [5, 5.41) is 3.38. The van der Waals surface area contributed by atoms with E-state index in [0.717, 1.165) is 11.3 Å². The lowest BCUT2D eigenvalue weighted by molar-refractivity contribution is -0.130. The summed E-state index contributed by atoms with van der Waals surface area (Å²) in [6.45, 7) is 3.99. The molecule has 1 heterocycles. The van der Waals surface area contributed by atoms with E-state index in [4.69, 9.17) is 16.3 Å². The Morgan fingerprint density at radius 2 is 2.08 bits per heavy atom. The summed E-state index contributed by atoms with van der Waals surface area (Å²) in [4.78, 5) is 29.9. The van der Waals surface area contributed by atoms with Gasteiger partial charge in [-0.2, -0.15) is 0 Å². The lowest BCUT2D eigenvalue weighted by Crippen LogP contribution is -2.31. The third-order valence-electron chi connectivity index (χ3n) is 3.89. The van der Waals surface area contributed by atoms with Crippen LogP contribution in [0.2, 0.25) is 5.02 Å². The first kappa shape index (κ1) is 19.7. The molecule has 0 bridgehead atoms. The molecule has 0 fully saturated rings. The van der Waals surface area contributed by atoms with Crippen LogP contribution in [0.3, 0.4) is 0 Å². The van der Waals surface area contributed by atoms with Crippen molar-refractivity contribution in [2.75, 3.05) is 19.0 Å². The monoisotopic (exact) mass is 375 g/mol. The molecule has 138 valence electrons. The summed E-state index contributed by atoms with van der Waals surface area (Å²) in [5.41, 5.74) is 2.17. The van der Waals surface area contributed by atoms with E-state index < -0.39 is 0 Å². The van der Waals surface area contributed by atoms with Crippen LogP contribution in [0.5, 0.6) is 5.75 Å². The Labute approximate surface area is 158 Å². The molecule has 7 heteroatoms. The molecule has 0 aliphatic carbocycles. The first-order valence-electron chi connectivity index (χ1n) is 8.20. The molecule has 0 saturated heterocycles. The molecule has 2 rings (SSSR count). The smallest absolute Gasteiger partial charge is 0.226 e. The minimum atomic E-state index is -0.211. The highest BCUT2D eigenvalue weighted by Gasteiger charge is 2.14. The number of benzene rings is 1. The van der Waals surface area contributed by atoms with Gasteiger partial charge in [0.05, 0.1) is 25.0 Å². The second-order valence-electron chi connectivity index (χ2n) is 5.86. The molecule has 0 aliphatic heterocycles. The number of anilines is 1. The van der Waals surface area contributed by atoms with E-state index in [0.29, 0.717) is 29.5 Å². The number of pyridine rings is 1. The Balaban J connectivity index is 1.98. The molecule has 2 aromatic rings. The van der Waals surface area contributed by atoms with Gasteiger partial charge in [-0.1, -0.05) is 17.7 Å². The standard InChI is InChI=1S/C19H22ClN3O3/c1-13-10-17(18(26-3)11-16(13)20)22-19(25)7-9-23(14(2)24)12-15-6-4-5-8-21-15/h4-6,8,10-11H,7,9,12H2,1-3H3,(H,22,25). The molecule has 0 atom stereocenters. The fourth-order valence-electron chi connectivity index (χ4n) is 2.41. The molecule has 1 aromatic heterocycles. The maximum atomic E-state index is 12.3. The minimum absolute atomic E-state index is 0.108. The topological polar surface area (TPSA) is 71.5 Å². The number of hydrogen-bond acceptors (Lipinski definition) is 4. The molecule has 1 aromatic carbocycles.